The lowest BCUT2D eigenvalue weighted by molar-refractivity contribution is -0.0500. The van der Waals surface area contributed by atoms with Crippen LogP contribution in [0.3, 0.4) is 0 Å². The maximum Gasteiger partial charge on any atom is 0.534 e. The number of rotatable bonds is 4. The molecule has 1 aromatic heterocycles. The van der Waals surface area contributed by atoms with Crippen LogP contribution in [0.15, 0.2) is 34.7 Å². The molecule has 0 spiro atoms. The van der Waals surface area contributed by atoms with E-state index < -0.39 is 72.7 Å². The van der Waals surface area contributed by atoms with Crippen LogP contribution >= 0.6 is 0 Å². The smallest absolute Gasteiger partial charge is 0.463 e. The van der Waals surface area contributed by atoms with E-state index in [0.717, 1.165) is 25.3 Å². The van der Waals surface area contributed by atoms with E-state index in [-0.39, 0.29) is 6.07 Å². The summed E-state index contributed by atoms with van der Waals surface area (Å²) in [5.41, 5.74) is -7.52. The Hall–Kier alpha value is -3.22. The molecule has 1 heterocycles. The van der Waals surface area contributed by atoms with E-state index in [2.05, 4.69) is 8.92 Å². The van der Waals surface area contributed by atoms with Gasteiger partial charge in [-0.15, -0.1) is 0 Å². The van der Waals surface area contributed by atoms with Gasteiger partial charge in [-0.3, -0.25) is 0 Å². The van der Waals surface area contributed by atoms with Crippen LogP contribution in [0.5, 0.6) is 5.75 Å². The molecule has 0 saturated carbocycles. The standard InChI is InChI=1S/C17H8F6O6S/c1-27-16(24)15-14(29-30(25,26)17(21,22)23)9-4-2-3-8(13(9)28-15)10-5-7(18)6-11(19)12(10)20/h2-6H,1H3. The van der Waals surface area contributed by atoms with Gasteiger partial charge in [0.25, 0.3) is 5.76 Å². The summed E-state index contributed by atoms with van der Waals surface area (Å²) in [4.78, 5) is 11.9. The van der Waals surface area contributed by atoms with E-state index in [1.165, 1.54) is 0 Å². The molecule has 160 valence electrons. The average molecular weight is 454 g/mol. The van der Waals surface area contributed by atoms with Gasteiger partial charge in [-0.05, 0) is 12.1 Å². The number of carbonyl (C=O) groups is 1. The van der Waals surface area contributed by atoms with E-state index in [0.29, 0.717) is 6.07 Å². The molecule has 6 nitrogen and oxygen atoms in total. The predicted octanol–water partition coefficient (Wildman–Crippen LogP) is 4.53. The van der Waals surface area contributed by atoms with Crippen molar-refractivity contribution >= 4 is 27.1 Å². The fourth-order valence-electron chi connectivity index (χ4n) is 2.53. The first-order valence-electron chi connectivity index (χ1n) is 7.67. The second-order valence-electron chi connectivity index (χ2n) is 5.67. The fraction of sp³-hybridized carbons (Fsp3) is 0.118. The lowest BCUT2D eigenvalue weighted by atomic mass is 10.0. The second kappa shape index (κ2) is 7.23. The number of carbonyl (C=O) groups excluding carboxylic acids is 1. The quantitative estimate of drug-likeness (QED) is 0.189. The number of benzene rings is 2. The highest BCUT2D eigenvalue weighted by Crippen LogP contribution is 2.42. The number of hydrogen-bond donors (Lipinski definition) is 0. The summed E-state index contributed by atoms with van der Waals surface area (Å²) in [5.74, 6) is -7.98. The molecule has 0 aliphatic rings. The minimum atomic E-state index is -6.24. The van der Waals surface area contributed by atoms with Gasteiger partial charge in [-0.25, -0.2) is 18.0 Å². The molecule has 3 rings (SSSR count). The van der Waals surface area contributed by atoms with Gasteiger partial charge in [0.1, 0.15) is 11.4 Å². The first-order chi connectivity index (χ1) is 13.9. The molecule has 2 aromatic carbocycles. The number of furan rings is 1. The third-order valence-corrected chi connectivity index (χ3v) is 4.75. The van der Waals surface area contributed by atoms with Gasteiger partial charge in [0.2, 0.25) is 5.75 Å². The predicted molar refractivity (Wildman–Crippen MR) is 88.5 cm³/mol. The number of halogens is 6. The van der Waals surface area contributed by atoms with Crippen LogP contribution in [0.1, 0.15) is 10.6 Å². The Labute approximate surface area is 163 Å². The van der Waals surface area contributed by atoms with Crippen molar-refractivity contribution in [2.45, 2.75) is 5.51 Å². The van der Waals surface area contributed by atoms with Crippen LogP contribution < -0.4 is 4.18 Å². The molecule has 0 radical (unpaired) electrons. The Morgan fingerprint density at radius 1 is 1.07 bits per heavy atom. The van der Waals surface area contributed by atoms with Crippen molar-refractivity contribution in [1.82, 2.24) is 0 Å². The maximum atomic E-state index is 14.2. The Morgan fingerprint density at radius 3 is 2.33 bits per heavy atom. The van der Waals surface area contributed by atoms with Gasteiger partial charge in [0.05, 0.1) is 12.5 Å². The summed E-state index contributed by atoms with van der Waals surface area (Å²) in [6.07, 6.45) is 0. The summed E-state index contributed by atoms with van der Waals surface area (Å²) in [5, 5.41) is -0.523. The zero-order chi connectivity index (χ0) is 22.4. The molecular weight excluding hydrogens is 446 g/mol. The number of para-hydroxylation sites is 1. The number of hydrogen-bond acceptors (Lipinski definition) is 6. The molecule has 30 heavy (non-hydrogen) atoms. The topological polar surface area (TPSA) is 82.8 Å². The molecule has 0 N–H and O–H groups in total. The molecule has 3 aromatic rings. The summed E-state index contributed by atoms with van der Waals surface area (Å²) in [6.45, 7) is 0. The molecule has 0 fully saturated rings. The van der Waals surface area contributed by atoms with Crippen LogP contribution in [0, 0.1) is 17.5 Å². The van der Waals surface area contributed by atoms with Gasteiger partial charge in [-0.1, -0.05) is 12.1 Å². The molecule has 0 aliphatic carbocycles. The first-order valence-corrected chi connectivity index (χ1v) is 9.07. The zero-order valence-electron chi connectivity index (χ0n) is 14.5. The average Bonchev–Trinajstić information content (AvgIpc) is 3.01. The molecule has 0 unspecified atom stereocenters. The number of methoxy groups -OCH3 is 1. The van der Waals surface area contributed by atoms with Crippen LogP contribution in [-0.2, 0) is 14.9 Å². The van der Waals surface area contributed by atoms with Gasteiger partial charge in [0.15, 0.2) is 11.6 Å². The monoisotopic (exact) mass is 454 g/mol. The van der Waals surface area contributed by atoms with E-state index in [4.69, 9.17) is 4.42 Å². The highest BCUT2D eigenvalue weighted by molar-refractivity contribution is 7.88. The van der Waals surface area contributed by atoms with E-state index >= 15 is 0 Å². The fourth-order valence-corrected chi connectivity index (χ4v) is 3.01. The number of ether oxygens (including phenoxy) is 1. The highest BCUT2D eigenvalue weighted by atomic mass is 32.2. The van der Waals surface area contributed by atoms with Crippen molar-refractivity contribution in [2.24, 2.45) is 0 Å². The Balaban J connectivity index is 2.34. The van der Waals surface area contributed by atoms with Crippen molar-refractivity contribution in [2.75, 3.05) is 7.11 Å². The normalized spacial score (nSPS) is 12.2. The van der Waals surface area contributed by atoms with Crippen molar-refractivity contribution in [3.8, 4) is 16.9 Å². The minimum absolute atomic E-state index is 0.255. The van der Waals surface area contributed by atoms with E-state index in [1.54, 1.807) is 0 Å². The maximum absolute atomic E-state index is 14.2. The number of fused-ring (bicyclic) bond motifs is 1. The van der Waals surface area contributed by atoms with Crippen molar-refractivity contribution in [1.29, 1.82) is 0 Å². The van der Waals surface area contributed by atoms with E-state index in [1.807, 2.05) is 0 Å². The summed E-state index contributed by atoms with van der Waals surface area (Å²) >= 11 is 0. The van der Waals surface area contributed by atoms with Crippen LogP contribution in [-0.4, -0.2) is 27.0 Å². The third kappa shape index (κ3) is 3.56. The molecule has 13 heteroatoms. The highest BCUT2D eigenvalue weighted by Gasteiger charge is 2.49. The Morgan fingerprint density at radius 2 is 1.73 bits per heavy atom. The molecule has 0 bridgehead atoms. The molecule has 0 amide bonds. The largest absolute Gasteiger partial charge is 0.534 e. The lowest BCUT2D eigenvalue weighted by Gasteiger charge is -2.09. The third-order valence-electron chi connectivity index (χ3n) is 3.80. The van der Waals surface area contributed by atoms with Crippen LogP contribution in [0.25, 0.3) is 22.1 Å². The first kappa shape index (κ1) is 21.5. The summed E-state index contributed by atoms with van der Waals surface area (Å²) in [6, 6.07) is 3.98. The van der Waals surface area contributed by atoms with Gasteiger partial charge >= 0.3 is 21.6 Å². The van der Waals surface area contributed by atoms with Crippen molar-refractivity contribution in [3.63, 3.8) is 0 Å². The van der Waals surface area contributed by atoms with Crippen LogP contribution in [0.2, 0.25) is 0 Å². The molecule has 0 atom stereocenters. The molecule has 0 aliphatic heterocycles. The van der Waals surface area contributed by atoms with E-state index in [9.17, 15) is 39.6 Å². The molecule has 0 saturated heterocycles. The molecular formula is C17H8F6O6S. The van der Waals surface area contributed by atoms with Gasteiger partial charge in [-0.2, -0.15) is 21.6 Å². The van der Waals surface area contributed by atoms with Gasteiger partial charge in [0, 0.05) is 17.2 Å². The van der Waals surface area contributed by atoms with Crippen molar-refractivity contribution in [3.05, 3.63) is 53.5 Å². The second-order valence-corrected chi connectivity index (χ2v) is 7.20. The number of alkyl halides is 3. The SMILES string of the molecule is COC(=O)c1oc2c(-c3cc(F)cc(F)c3F)cccc2c1OS(=O)(=O)C(F)(F)F. The summed E-state index contributed by atoms with van der Waals surface area (Å²) < 4.78 is 116. The lowest BCUT2D eigenvalue weighted by Crippen LogP contribution is -2.28. The van der Waals surface area contributed by atoms with Crippen molar-refractivity contribution < 1.29 is 52.9 Å². The summed E-state index contributed by atoms with van der Waals surface area (Å²) in [7, 11) is -5.42. The minimum Gasteiger partial charge on any atom is -0.463 e. The Bertz CT molecular complexity index is 1260. The Kier molecular flexibility index (Phi) is 5.18. The van der Waals surface area contributed by atoms with Gasteiger partial charge < -0.3 is 13.3 Å². The van der Waals surface area contributed by atoms with Crippen LogP contribution in [0.4, 0.5) is 26.3 Å². The zero-order valence-corrected chi connectivity index (χ0v) is 15.3. The number of esters is 1.